The maximum Gasteiger partial charge on any atom is 1.00 e. The van der Waals surface area contributed by atoms with Gasteiger partial charge in [0.1, 0.15) is 0 Å². The van der Waals surface area contributed by atoms with Crippen LogP contribution in [0.3, 0.4) is 0 Å². The van der Waals surface area contributed by atoms with Crippen LogP contribution in [0.5, 0.6) is 5.88 Å². The number of nitrogens with zero attached hydrogens (tertiary/aromatic N) is 1. The van der Waals surface area contributed by atoms with Gasteiger partial charge in [-0.1, -0.05) is 17.7 Å². The fraction of sp³-hybridized carbons (Fsp3) is 0.167. The Kier molecular flexibility index (Phi) is 5.12. The van der Waals surface area contributed by atoms with Crippen molar-refractivity contribution in [1.29, 1.82) is 0 Å². The van der Waals surface area contributed by atoms with E-state index in [1.54, 1.807) is 19.1 Å². The van der Waals surface area contributed by atoms with Gasteiger partial charge >= 0.3 is 57.1 Å². The molecule has 0 aliphatic carbocycles. The van der Waals surface area contributed by atoms with Crippen molar-refractivity contribution in [2.45, 2.75) is 13.8 Å². The molecule has 0 saturated heterocycles. The first-order chi connectivity index (χ1) is 7.99. The Bertz CT molecular complexity index is 688. The van der Waals surface area contributed by atoms with Gasteiger partial charge in [-0.25, -0.2) is 4.79 Å². The second-order valence-electron chi connectivity index (χ2n) is 3.90. The molecule has 0 aliphatic heterocycles. The Labute approximate surface area is 146 Å². The van der Waals surface area contributed by atoms with Gasteiger partial charge in [-0.15, -0.1) is 0 Å². The summed E-state index contributed by atoms with van der Waals surface area (Å²) in [5, 5.41) is 11.6. The molecule has 5 nitrogen and oxygen atoms in total. The average Bonchev–Trinajstić information content (AvgIpc) is 2.19. The fourth-order valence-electron chi connectivity index (χ4n) is 1.76. The molecule has 0 saturated carbocycles. The molecule has 0 fully saturated rings. The van der Waals surface area contributed by atoms with Gasteiger partial charge in [0.15, 0.2) is 0 Å². The van der Waals surface area contributed by atoms with Gasteiger partial charge in [0.25, 0.3) is 5.56 Å². The summed E-state index contributed by atoms with van der Waals surface area (Å²) in [6.07, 6.45) is 0. The number of nitrogens with one attached hydrogen (secondary N) is 1. The molecule has 1 heterocycles. The van der Waals surface area contributed by atoms with Crippen LogP contribution in [0.15, 0.2) is 33.9 Å². The standard InChI is InChI=1S/C12H12N2O3.K/c1-7-3-4-9(8(2)5-7)14-11(16)6-10(15)13-12(14)17;/h3-6,16H,1-2H3,(H,13,15,17);/q;+1/p-1. The summed E-state index contributed by atoms with van der Waals surface area (Å²) in [5.74, 6) is -0.620. The van der Waals surface area contributed by atoms with Gasteiger partial charge in [-0.05, 0) is 31.4 Å². The van der Waals surface area contributed by atoms with E-state index in [9.17, 15) is 14.7 Å². The van der Waals surface area contributed by atoms with Crippen molar-refractivity contribution in [3.05, 3.63) is 56.2 Å². The molecular weight excluding hydrogens is 259 g/mol. The molecule has 18 heavy (non-hydrogen) atoms. The Balaban J connectivity index is 0.00000162. The Morgan fingerprint density at radius 2 is 1.83 bits per heavy atom. The molecule has 6 heteroatoms. The van der Waals surface area contributed by atoms with Crippen molar-refractivity contribution >= 4 is 0 Å². The molecule has 1 N–H and O–H groups in total. The molecule has 0 spiro atoms. The van der Waals surface area contributed by atoms with E-state index < -0.39 is 17.1 Å². The van der Waals surface area contributed by atoms with Crippen molar-refractivity contribution in [2.75, 3.05) is 0 Å². The Morgan fingerprint density at radius 3 is 2.39 bits per heavy atom. The van der Waals surface area contributed by atoms with Gasteiger partial charge in [0, 0.05) is 6.07 Å². The van der Waals surface area contributed by atoms with Crippen LogP contribution in [0.25, 0.3) is 5.69 Å². The van der Waals surface area contributed by atoms with E-state index >= 15 is 0 Å². The molecule has 0 aliphatic rings. The number of hydrogen-bond donors (Lipinski definition) is 1. The molecule has 0 atom stereocenters. The summed E-state index contributed by atoms with van der Waals surface area (Å²) in [6, 6.07) is 6.22. The summed E-state index contributed by atoms with van der Waals surface area (Å²) in [5.41, 5.74) is 0.935. The van der Waals surface area contributed by atoms with E-state index in [-0.39, 0.29) is 51.4 Å². The Morgan fingerprint density at radius 1 is 1.17 bits per heavy atom. The molecule has 88 valence electrons. The van der Waals surface area contributed by atoms with E-state index in [1.165, 1.54) is 0 Å². The first kappa shape index (κ1) is 15.4. The van der Waals surface area contributed by atoms with E-state index in [4.69, 9.17) is 0 Å². The van der Waals surface area contributed by atoms with E-state index in [1.807, 2.05) is 13.0 Å². The number of aryl methyl sites for hydroxylation is 2. The van der Waals surface area contributed by atoms with Crippen LogP contribution in [-0.2, 0) is 0 Å². The third-order valence-electron chi connectivity index (χ3n) is 2.50. The first-order valence-electron chi connectivity index (χ1n) is 5.10. The predicted molar refractivity (Wildman–Crippen MR) is 61.6 cm³/mol. The number of aromatic nitrogens is 2. The van der Waals surface area contributed by atoms with Crippen LogP contribution < -0.4 is 67.7 Å². The molecule has 2 aromatic rings. The van der Waals surface area contributed by atoms with Gasteiger partial charge < -0.3 is 5.11 Å². The quantitative estimate of drug-likeness (QED) is 0.569. The van der Waals surface area contributed by atoms with Crippen LogP contribution >= 0.6 is 0 Å². The number of H-pyrrole nitrogens is 1. The van der Waals surface area contributed by atoms with Gasteiger partial charge in [-0.3, -0.25) is 14.3 Å². The third kappa shape index (κ3) is 3.01. The van der Waals surface area contributed by atoms with Crippen LogP contribution in [-0.4, -0.2) is 9.55 Å². The van der Waals surface area contributed by atoms with Crippen molar-refractivity contribution in [3.63, 3.8) is 0 Å². The monoisotopic (exact) mass is 270 g/mol. The summed E-state index contributed by atoms with van der Waals surface area (Å²) < 4.78 is 0.955. The SMILES string of the molecule is Cc1ccc(-n2c([O-])cc(=O)[nH]c2=O)c(C)c1.[K+]. The number of aromatic amines is 1. The minimum absolute atomic E-state index is 0. The molecule has 0 amide bonds. The maximum atomic E-state index is 11.6. The smallest absolute Gasteiger partial charge is 0.859 e. The molecular formula is C12H11KN2O3. The molecule has 0 radical (unpaired) electrons. The normalized spacial score (nSPS) is 9.89. The van der Waals surface area contributed by atoms with Crippen LogP contribution in [0.2, 0.25) is 0 Å². The summed E-state index contributed by atoms with van der Waals surface area (Å²) in [7, 11) is 0. The molecule has 2 rings (SSSR count). The van der Waals surface area contributed by atoms with E-state index in [2.05, 4.69) is 4.98 Å². The summed E-state index contributed by atoms with van der Waals surface area (Å²) in [6.45, 7) is 3.73. The van der Waals surface area contributed by atoms with Gasteiger partial charge in [0.2, 0.25) is 0 Å². The van der Waals surface area contributed by atoms with Gasteiger partial charge in [0.05, 0.1) is 5.69 Å². The van der Waals surface area contributed by atoms with Crippen molar-refractivity contribution < 1.29 is 56.5 Å². The van der Waals surface area contributed by atoms with Crippen molar-refractivity contribution in [2.24, 2.45) is 0 Å². The van der Waals surface area contributed by atoms with E-state index in [0.29, 0.717) is 5.69 Å². The number of benzene rings is 1. The van der Waals surface area contributed by atoms with Crippen molar-refractivity contribution in [1.82, 2.24) is 9.55 Å². The second-order valence-corrected chi connectivity index (χ2v) is 3.90. The first-order valence-corrected chi connectivity index (χ1v) is 5.10. The van der Waals surface area contributed by atoms with Crippen LogP contribution in [0.1, 0.15) is 11.1 Å². The number of rotatable bonds is 1. The molecule has 0 unspecified atom stereocenters. The van der Waals surface area contributed by atoms with Crippen LogP contribution in [0.4, 0.5) is 0 Å². The fourth-order valence-corrected chi connectivity index (χ4v) is 1.76. The average molecular weight is 270 g/mol. The van der Waals surface area contributed by atoms with E-state index in [0.717, 1.165) is 21.8 Å². The minimum atomic E-state index is -0.713. The Hall–Kier alpha value is -0.664. The second kappa shape index (κ2) is 5.99. The zero-order valence-corrected chi connectivity index (χ0v) is 13.6. The minimum Gasteiger partial charge on any atom is -0.859 e. The largest absolute Gasteiger partial charge is 1.00 e. The molecule has 1 aromatic heterocycles. The van der Waals surface area contributed by atoms with Gasteiger partial charge in [-0.2, -0.15) is 0 Å². The number of hydrogen-bond acceptors (Lipinski definition) is 3. The predicted octanol–water partition coefficient (Wildman–Crippen LogP) is -2.78. The maximum absolute atomic E-state index is 11.6. The van der Waals surface area contributed by atoms with Crippen LogP contribution in [0, 0.1) is 13.8 Å². The summed E-state index contributed by atoms with van der Waals surface area (Å²) >= 11 is 0. The zero-order chi connectivity index (χ0) is 12.6. The zero-order valence-electron chi connectivity index (χ0n) is 10.5. The topological polar surface area (TPSA) is 77.9 Å². The molecule has 1 aromatic carbocycles. The third-order valence-corrected chi connectivity index (χ3v) is 2.50. The van der Waals surface area contributed by atoms with Crippen molar-refractivity contribution in [3.8, 4) is 11.6 Å². The molecule has 0 bridgehead atoms. The summed E-state index contributed by atoms with van der Waals surface area (Å²) in [4.78, 5) is 24.6.